The van der Waals surface area contributed by atoms with E-state index in [0.717, 1.165) is 28.8 Å². The van der Waals surface area contributed by atoms with Crippen LogP contribution in [0.1, 0.15) is 48.8 Å². The number of aryl methyl sites for hydroxylation is 1. The molecule has 4 aromatic rings. The molecule has 2 aromatic heterocycles. The highest BCUT2D eigenvalue weighted by Gasteiger charge is 2.67. The Kier molecular flexibility index (Phi) is 4.31. The van der Waals surface area contributed by atoms with E-state index in [1.807, 2.05) is 25.1 Å². The summed E-state index contributed by atoms with van der Waals surface area (Å²) in [5, 5.41) is 12.2. The number of imidazole rings is 1. The van der Waals surface area contributed by atoms with E-state index in [1.54, 1.807) is 39.9 Å². The number of anilines is 1. The fourth-order valence-corrected chi connectivity index (χ4v) is 6.05. The Morgan fingerprint density at radius 2 is 1.89 bits per heavy atom. The van der Waals surface area contributed by atoms with Gasteiger partial charge in [0.15, 0.2) is 5.78 Å². The number of carbonyl (C=O) groups is 3. The van der Waals surface area contributed by atoms with Crippen molar-refractivity contribution in [3.05, 3.63) is 107 Å². The van der Waals surface area contributed by atoms with Crippen LogP contribution in [0, 0.1) is 12.8 Å². The minimum atomic E-state index is -0.318. The molecule has 3 aliphatic rings. The zero-order chi connectivity index (χ0) is 25.5. The lowest BCUT2D eigenvalue weighted by atomic mass is 9.79. The summed E-state index contributed by atoms with van der Waals surface area (Å²) in [7, 11) is 0. The fourth-order valence-electron chi connectivity index (χ4n) is 6.05. The van der Waals surface area contributed by atoms with E-state index in [2.05, 4.69) is 10.3 Å². The highest BCUT2D eigenvalue weighted by molar-refractivity contribution is 6.10. The number of rotatable bonds is 3. The largest absolute Gasteiger partial charge is 0.508 e. The maximum Gasteiger partial charge on any atom is 0.278 e. The number of benzene rings is 2. The molecular formula is C29H22N4O4. The molecule has 2 amide bonds. The predicted octanol–water partition coefficient (Wildman–Crippen LogP) is 4.09. The molecule has 2 atom stereocenters. The third kappa shape index (κ3) is 3.08. The average Bonchev–Trinajstić information content (AvgIpc) is 3.26. The van der Waals surface area contributed by atoms with E-state index in [-0.39, 0.29) is 34.5 Å². The number of phenols is 1. The van der Waals surface area contributed by atoms with E-state index < -0.39 is 0 Å². The number of carbonyl (C=O) groups excluding carboxylic acids is 3. The van der Waals surface area contributed by atoms with Crippen molar-refractivity contribution in [2.24, 2.45) is 5.92 Å². The lowest BCUT2D eigenvalue weighted by Crippen LogP contribution is -2.34. The number of pyridine rings is 1. The van der Waals surface area contributed by atoms with Crippen molar-refractivity contribution in [3.8, 4) is 5.75 Å². The molecule has 182 valence electrons. The molecule has 1 unspecified atom stereocenters. The molecule has 1 saturated heterocycles. The molecule has 1 aliphatic heterocycles. The number of piperidine rings is 1. The van der Waals surface area contributed by atoms with Gasteiger partial charge < -0.3 is 19.7 Å². The lowest BCUT2D eigenvalue weighted by Gasteiger charge is -2.30. The van der Waals surface area contributed by atoms with Crippen LogP contribution in [-0.4, -0.2) is 43.5 Å². The third-order valence-electron chi connectivity index (χ3n) is 7.81. The Bertz CT molecular complexity index is 1700. The second-order valence-corrected chi connectivity index (χ2v) is 9.99. The van der Waals surface area contributed by atoms with Gasteiger partial charge in [0.25, 0.3) is 11.8 Å². The summed E-state index contributed by atoms with van der Waals surface area (Å²) in [5.74, 6) is -0.228. The van der Waals surface area contributed by atoms with Gasteiger partial charge >= 0.3 is 0 Å². The van der Waals surface area contributed by atoms with Crippen molar-refractivity contribution >= 4 is 28.9 Å². The van der Waals surface area contributed by atoms with Crippen LogP contribution in [-0.2, 0) is 5.41 Å². The molecule has 8 heteroatoms. The summed E-state index contributed by atoms with van der Waals surface area (Å²) in [6.07, 6.45) is 5.93. The number of nitrogens with zero attached hydrogens (tertiary/aromatic N) is 3. The Morgan fingerprint density at radius 3 is 2.70 bits per heavy atom. The average molecular weight is 491 g/mol. The highest BCUT2D eigenvalue weighted by Crippen LogP contribution is 2.67. The van der Waals surface area contributed by atoms with Crippen molar-refractivity contribution < 1.29 is 19.5 Å². The maximum atomic E-state index is 13.6. The summed E-state index contributed by atoms with van der Waals surface area (Å²) < 4.78 is 1.70. The van der Waals surface area contributed by atoms with Crippen LogP contribution in [0.5, 0.6) is 5.75 Å². The Hall–Kier alpha value is -4.72. The Labute approximate surface area is 211 Å². The van der Waals surface area contributed by atoms with Crippen LogP contribution in [0.15, 0.2) is 78.8 Å². The van der Waals surface area contributed by atoms with E-state index in [9.17, 15) is 19.5 Å². The molecule has 37 heavy (non-hydrogen) atoms. The van der Waals surface area contributed by atoms with Gasteiger partial charge in [0.1, 0.15) is 17.1 Å². The van der Waals surface area contributed by atoms with Crippen molar-refractivity contribution in [1.82, 2.24) is 14.3 Å². The molecule has 1 spiro atoms. The summed E-state index contributed by atoms with van der Waals surface area (Å²) in [6, 6.07) is 15.3. The summed E-state index contributed by atoms with van der Waals surface area (Å²) in [6.45, 7) is 2.59. The number of ketones is 1. The zero-order valence-electron chi connectivity index (χ0n) is 19.9. The number of aromatic hydroxyl groups is 1. The minimum Gasteiger partial charge on any atom is -0.508 e. The first-order chi connectivity index (χ1) is 17.8. The summed E-state index contributed by atoms with van der Waals surface area (Å²) >= 11 is 0. The number of likely N-dealkylation sites (tertiary alicyclic amines) is 1. The Morgan fingerprint density at radius 1 is 1.08 bits per heavy atom. The number of hydrogen-bond acceptors (Lipinski definition) is 5. The van der Waals surface area contributed by atoms with Gasteiger partial charge in [0.05, 0.1) is 5.69 Å². The topological polar surface area (TPSA) is 104 Å². The number of fused-ring (bicyclic) bond motifs is 2. The van der Waals surface area contributed by atoms with E-state index in [4.69, 9.17) is 0 Å². The van der Waals surface area contributed by atoms with Crippen molar-refractivity contribution in [2.45, 2.75) is 18.8 Å². The second kappa shape index (κ2) is 7.39. The molecule has 0 bridgehead atoms. The number of amides is 2. The van der Waals surface area contributed by atoms with Gasteiger partial charge in [-0.15, -0.1) is 0 Å². The van der Waals surface area contributed by atoms with Crippen LogP contribution < -0.4 is 5.32 Å². The van der Waals surface area contributed by atoms with Crippen LogP contribution in [0.4, 0.5) is 5.69 Å². The SMILES string of the molecule is Cc1cccc2c1[C@@]13CC1CN(C(=O)c1cn4cc(NC(=O)c5ccc(O)cc5)ccc4n1)C3=CC2=O. The molecule has 0 radical (unpaired) electrons. The molecule has 2 fully saturated rings. The minimum absolute atomic E-state index is 0.0614. The van der Waals surface area contributed by atoms with Gasteiger partial charge in [-0.1, -0.05) is 18.2 Å². The first-order valence-corrected chi connectivity index (χ1v) is 12.1. The lowest BCUT2D eigenvalue weighted by molar-refractivity contribution is 0.0806. The molecule has 3 heterocycles. The molecule has 2 N–H and O–H groups in total. The summed E-state index contributed by atoms with van der Waals surface area (Å²) in [5.41, 5.74) is 5.23. The second-order valence-electron chi connectivity index (χ2n) is 9.99. The van der Waals surface area contributed by atoms with Crippen LogP contribution in [0.2, 0.25) is 0 Å². The quantitative estimate of drug-likeness (QED) is 0.450. The third-order valence-corrected chi connectivity index (χ3v) is 7.81. The van der Waals surface area contributed by atoms with Crippen molar-refractivity contribution in [3.63, 3.8) is 0 Å². The van der Waals surface area contributed by atoms with Gasteiger partial charge in [-0.2, -0.15) is 0 Å². The highest BCUT2D eigenvalue weighted by atomic mass is 16.3. The van der Waals surface area contributed by atoms with E-state index in [1.165, 1.54) is 24.3 Å². The molecule has 8 nitrogen and oxygen atoms in total. The van der Waals surface area contributed by atoms with Gasteiger partial charge in [-0.3, -0.25) is 14.4 Å². The number of allylic oxidation sites excluding steroid dienone is 2. The first kappa shape index (κ1) is 21.6. The van der Waals surface area contributed by atoms with Crippen LogP contribution >= 0.6 is 0 Å². The molecule has 7 rings (SSSR count). The van der Waals surface area contributed by atoms with Gasteiger partial charge in [0, 0.05) is 47.3 Å². The smallest absolute Gasteiger partial charge is 0.278 e. The Balaban J connectivity index is 1.17. The fraction of sp³-hybridized carbons (Fsp3) is 0.172. The monoisotopic (exact) mass is 490 g/mol. The van der Waals surface area contributed by atoms with Crippen LogP contribution in [0.3, 0.4) is 0 Å². The van der Waals surface area contributed by atoms with E-state index >= 15 is 0 Å². The molecule has 2 aliphatic carbocycles. The normalized spacial score (nSPS) is 21.2. The first-order valence-electron chi connectivity index (χ1n) is 12.1. The molecule has 1 saturated carbocycles. The number of nitrogens with one attached hydrogen (secondary N) is 1. The number of hydrogen-bond donors (Lipinski definition) is 2. The maximum absolute atomic E-state index is 13.6. The summed E-state index contributed by atoms with van der Waals surface area (Å²) in [4.78, 5) is 45.4. The standard InChI is InChI=1S/C29H22N4O4/c1-16-3-2-4-21-23(35)11-24-29(26(16)21)12-18(29)13-33(24)28(37)22-15-32-14-19(7-10-25(32)31-22)30-27(36)17-5-8-20(34)9-6-17/h2-11,14-15,18,34H,12-13H2,1H3,(H,30,36)/t18?,29-/m0/s1. The number of aromatic nitrogens is 2. The number of phenolic OH excluding ortho intramolecular Hbond substituents is 1. The van der Waals surface area contributed by atoms with Gasteiger partial charge in [-0.25, -0.2) is 4.98 Å². The van der Waals surface area contributed by atoms with Gasteiger partial charge in [0.2, 0.25) is 0 Å². The van der Waals surface area contributed by atoms with Crippen LogP contribution in [0.25, 0.3) is 5.65 Å². The predicted molar refractivity (Wildman–Crippen MR) is 136 cm³/mol. The molecule has 2 aromatic carbocycles. The molecular weight excluding hydrogens is 468 g/mol. The van der Waals surface area contributed by atoms with Gasteiger partial charge in [-0.05, 0) is 66.8 Å². The van der Waals surface area contributed by atoms with E-state index in [0.29, 0.717) is 29.4 Å². The zero-order valence-corrected chi connectivity index (χ0v) is 19.9. The van der Waals surface area contributed by atoms with Crippen molar-refractivity contribution in [2.75, 3.05) is 11.9 Å². The van der Waals surface area contributed by atoms with Crippen molar-refractivity contribution in [1.29, 1.82) is 0 Å².